The van der Waals surface area contributed by atoms with E-state index in [0.29, 0.717) is 18.3 Å². The van der Waals surface area contributed by atoms with E-state index in [1.165, 1.54) is 5.56 Å². The molecule has 1 atom stereocenters. The van der Waals surface area contributed by atoms with E-state index in [4.69, 9.17) is 5.73 Å². The Morgan fingerprint density at radius 2 is 1.77 bits per heavy atom. The summed E-state index contributed by atoms with van der Waals surface area (Å²) in [6.07, 6.45) is 0. The number of halogens is 1. The first-order valence-electron chi connectivity index (χ1n) is 6.72. The number of nitrogens with one attached hydrogen (secondary N) is 1. The minimum atomic E-state index is -1.04. The molecule has 0 bridgehead atoms. The van der Waals surface area contributed by atoms with Crippen LogP contribution < -0.4 is 11.1 Å². The van der Waals surface area contributed by atoms with E-state index in [0.717, 1.165) is 10.6 Å². The number of guanidine groups is 1. The van der Waals surface area contributed by atoms with Crippen molar-refractivity contribution in [2.24, 2.45) is 10.7 Å². The van der Waals surface area contributed by atoms with Gasteiger partial charge >= 0.3 is 0 Å². The van der Waals surface area contributed by atoms with Gasteiger partial charge in [-0.15, -0.1) is 24.0 Å². The van der Waals surface area contributed by atoms with Crippen molar-refractivity contribution in [3.63, 3.8) is 0 Å². The second-order valence-corrected chi connectivity index (χ2v) is 6.19. The fourth-order valence-corrected chi connectivity index (χ4v) is 2.72. The molecule has 1 unspecified atom stereocenters. The molecule has 0 aromatic heterocycles. The molecule has 0 aliphatic carbocycles. The summed E-state index contributed by atoms with van der Waals surface area (Å²) < 4.78 is 12.0. The third-order valence-corrected chi connectivity index (χ3v) is 4.24. The summed E-state index contributed by atoms with van der Waals surface area (Å²) in [4.78, 5) is 5.01. The fraction of sp³-hybridized carbons (Fsp3) is 0.188. The SMILES string of the molecule is Cc1ccc(NC(N)=NCCS(=O)c2ccccc2)cc1.I. The quantitative estimate of drug-likeness (QED) is 0.436. The molecule has 6 heteroatoms. The van der Waals surface area contributed by atoms with Crippen molar-refractivity contribution in [1.82, 2.24) is 0 Å². The number of benzene rings is 2. The number of hydrogen-bond donors (Lipinski definition) is 2. The predicted molar refractivity (Wildman–Crippen MR) is 104 cm³/mol. The van der Waals surface area contributed by atoms with E-state index in [-0.39, 0.29) is 24.0 Å². The lowest BCUT2D eigenvalue weighted by atomic mass is 10.2. The molecule has 0 aliphatic heterocycles. The minimum Gasteiger partial charge on any atom is -0.370 e. The van der Waals surface area contributed by atoms with Gasteiger partial charge in [-0.05, 0) is 31.2 Å². The Labute approximate surface area is 150 Å². The van der Waals surface area contributed by atoms with Crippen LogP contribution in [-0.2, 0) is 10.8 Å². The molecule has 3 N–H and O–H groups in total. The highest BCUT2D eigenvalue weighted by molar-refractivity contribution is 14.0. The van der Waals surface area contributed by atoms with Crippen LogP contribution in [0.5, 0.6) is 0 Å². The molecule has 2 rings (SSSR count). The van der Waals surface area contributed by atoms with Gasteiger partial charge in [0, 0.05) is 16.3 Å². The number of hydrogen-bond acceptors (Lipinski definition) is 2. The molecular weight excluding hydrogens is 409 g/mol. The summed E-state index contributed by atoms with van der Waals surface area (Å²) >= 11 is 0. The molecule has 0 aliphatic rings. The van der Waals surface area contributed by atoms with Crippen molar-refractivity contribution >= 4 is 46.4 Å². The fourth-order valence-electron chi connectivity index (χ4n) is 1.76. The Morgan fingerprint density at radius 1 is 1.14 bits per heavy atom. The van der Waals surface area contributed by atoms with Gasteiger partial charge in [-0.25, -0.2) is 0 Å². The molecule has 4 nitrogen and oxygen atoms in total. The number of aryl methyl sites for hydroxylation is 1. The van der Waals surface area contributed by atoms with E-state index in [1.54, 1.807) is 0 Å². The third kappa shape index (κ3) is 6.15. The highest BCUT2D eigenvalue weighted by Gasteiger charge is 2.02. The smallest absolute Gasteiger partial charge is 0.193 e. The maximum Gasteiger partial charge on any atom is 0.193 e. The average Bonchev–Trinajstić information content (AvgIpc) is 2.50. The van der Waals surface area contributed by atoms with Crippen LogP contribution in [0.3, 0.4) is 0 Å². The van der Waals surface area contributed by atoms with Gasteiger partial charge < -0.3 is 11.1 Å². The van der Waals surface area contributed by atoms with Crippen LogP contribution in [0.25, 0.3) is 0 Å². The molecule has 0 fully saturated rings. The van der Waals surface area contributed by atoms with E-state index in [1.807, 2.05) is 61.5 Å². The van der Waals surface area contributed by atoms with E-state index in [2.05, 4.69) is 10.3 Å². The topological polar surface area (TPSA) is 67.5 Å². The summed E-state index contributed by atoms with van der Waals surface area (Å²) in [6, 6.07) is 17.3. The van der Waals surface area contributed by atoms with Crippen LogP contribution in [0.15, 0.2) is 64.5 Å². The molecule has 0 saturated carbocycles. The summed E-state index contributed by atoms with van der Waals surface area (Å²) in [6.45, 7) is 2.45. The van der Waals surface area contributed by atoms with Crippen LogP contribution in [0.1, 0.15) is 5.56 Å². The van der Waals surface area contributed by atoms with Gasteiger partial charge in [0.05, 0.1) is 17.3 Å². The van der Waals surface area contributed by atoms with Crippen LogP contribution >= 0.6 is 24.0 Å². The van der Waals surface area contributed by atoms with Crippen LogP contribution in [-0.4, -0.2) is 22.5 Å². The van der Waals surface area contributed by atoms with Crippen molar-refractivity contribution < 1.29 is 4.21 Å². The van der Waals surface area contributed by atoms with Gasteiger partial charge in [0.2, 0.25) is 0 Å². The summed E-state index contributed by atoms with van der Waals surface area (Å²) in [5, 5.41) is 3.01. The maximum atomic E-state index is 12.0. The number of aliphatic imine (C=N–C) groups is 1. The zero-order chi connectivity index (χ0) is 15.1. The van der Waals surface area contributed by atoms with Gasteiger partial charge in [0.25, 0.3) is 0 Å². The second-order valence-electron chi connectivity index (χ2n) is 4.62. The van der Waals surface area contributed by atoms with E-state index < -0.39 is 10.8 Å². The van der Waals surface area contributed by atoms with Crippen LogP contribution in [0, 0.1) is 6.92 Å². The maximum absolute atomic E-state index is 12.0. The number of nitrogens with zero attached hydrogens (tertiary/aromatic N) is 1. The molecule has 2 aromatic rings. The minimum absolute atomic E-state index is 0. The largest absolute Gasteiger partial charge is 0.370 e. The summed E-state index contributed by atoms with van der Waals surface area (Å²) in [5.74, 6) is 0.796. The van der Waals surface area contributed by atoms with E-state index in [9.17, 15) is 4.21 Å². The standard InChI is InChI=1S/C16H19N3OS.HI/c1-13-7-9-14(10-8-13)19-16(17)18-11-12-21(20)15-5-3-2-4-6-15;/h2-10H,11-12H2,1H3,(H3,17,18,19);1H. The zero-order valence-corrected chi connectivity index (χ0v) is 15.5. The summed E-state index contributed by atoms with van der Waals surface area (Å²) in [7, 11) is -1.04. The van der Waals surface area contributed by atoms with Crippen molar-refractivity contribution in [2.75, 3.05) is 17.6 Å². The Morgan fingerprint density at radius 3 is 2.41 bits per heavy atom. The lowest BCUT2D eigenvalue weighted by Gasteiger charge is -2.06. The first-order valence-corrected chi connectivity index (χ1v) is 8.04. The Kier molecular flexibility index (Phi) is 8.11. The Balaban J connectivity index is 0.00000242. The molecule has 2 aromatic carbocycles. The number of anilines is 1. The Bertz CT molecular complexity index is 630. The van der Waals surface area contributed by atoms with Crippen molar-refractivity contribution in [2.45, 2.75) is 11.8 Å². The lowest BCUT2D eigenvalue weighted by Crippen LogP contribution is -2.23. The first-order chi connectivity index (χ1) is 10.1. The monoisotopic (exact) mass is 429 g/mol. The number of nitrogens with two attached hydrogens (primary N) is 1. The molecule has 0 spiro atoms. The van der Waals surface area contributed by atoms with Gasteiger partial charge in [-0.1, -0.05) is 35.9 Å². The predicted octanol–water partition coefficient (Wildman–Crippen LogP) is 3.15. The molecule has 118 valence electrons. The molecule has 0 heterocycles. The van der Waals surface area contributed by atoms with Crippen LogP contribution in [0.4, 0.5) is 5.69 Å². The average molecular weight is 429 g/mol. The van der Waals surface area contributed by atoms with Crippen molar-refractivity contribution in [1.29, 1.82) is 0 Å². The lowest BCUT2D eigenvalue weighted by molar-refractivity contribution is 0.683. The molecule has 0 saturated heterocycles. The molecule has 0 amide bonds. The van der Waals surface area contributed by atoms with Gasteiger partial charge in [0.1, 0.15) is 0 Å². The molecule has 22 heavy (non-hydrogen) atoms. The highest BCUT2D eigenvalue weighted by Crippen LogP contribution is 2.08. The zero-order valence-electron chi connectivity index (χ0n) is 12.4. The Hall–Kier alpha value is -1.41. The summed E-state index contributed by atoms with van der Waals surface area (Å²) in [5.41, 5.74) is 7.89. The van der Waals surface area contributed by atoms with Crippen molar-refractivity contribution in [3.8, 4) is 0 Å². The van der Waals surface area contributed by atoms with Gasteiger partial charge in [-0.3, -0.25) is 9.20 Å². The first kappa shape index (κ1) is 18.6. The van der Waals surface area contributed by atoms with E-state index >= 15 is 0 Å². The third-order valence-electron chi connectivity index (χ3n) is 2.89. The van der Waals surface area contributed by atoms with Crippen LogP contribution in [0.2, 0.25) is 0 Å². The highest BCUT2D eigenvalue weighted by atomic mass is 127. The normalized spacial score (nSPS) is 12.3. The van der Waals surface area contributed by atoms with Gasteiger partial charge in [0.15, 0.2) is 5.96 Å². The number of rotatable bonds is 5. The van der Waals surface area contributed by atoms with Gasteiger partial charge in [-0.2, -0.15) is 0 Å². The second kappa shape index (κ2) is 9.58. The van der Waals surface area contributed by atoms with Crippen molar-refractivity contribution in [3.05, 3.63) is 60.2 Å². The molecule has 0 radical (unpaired) electrons. The molecular formula is C16H20IN3OS.